The molecule has 0 radical (unpaired) electrons. The molecule has 4 rings (SSSR count). The van der Waals surface area contributed by atoms with Crippen LogP contribution in [0.4, 0.5) is 0 Å². The zero-order valence-corrected chi connectivity index (χ0v) is 26.7. The van der Waals surface area contributed by atoms with Gasteiger partial charge in [0.2, 0.25) is 5.90 Å². The summed E-state index contributed by atoms with van der Waals surface area (Å²) in [6, 6.07) is 30.8. The van der Waals surface area contributed by atoms with E-state index < -0.39 is 36.5 Å². The van der Waals surface area contributed by atoms with Crippen molar-refractivity contribution in [3.63, 3.8) is 0 Å². The van der Waals surface area contributed by atoms with E-state index in [2.05, 4.69) is 69.3 Å². The van der Waals surface area contributed by atoms with E-state index in [-0.39, 0.29) is 11.6 Å². The monoisotopic (exact) mass is 631 g/mol. The zero-order chi connectivity index (χ0) is 29.5. The van der Waals surface area contributed by atoms with E-state index in [0.717, 1.165) is 5.56 Å². The van der Waals surface area contributed by atoms with Gasteiger partial charge in [-0.05, 0) is 21.8 Å². The van der Waals surface area contributed by atoms with Crippen LogP contribution >= 0.6 is 34.8 Å². The van der Waals surface area contributed by atoms with Gasteiger partial charge in [0.15, 0.2) is 12.4 Å². The molecule has 3 atom stereocenters. The smallest absolute Gasteiger partial charge is 0.265 e. The first-order valence-electron chi connectivity index (χ1n) is 13.6. The Labute approximate surface area is 259 Å². The second-order valence-corrected chi connectivity index (χ2v) is 17.5. The van der Waals surface area contributed by atoms with Crippen LogP contribution in [0, 0.1) is 5.41 Å². The first-order valence-corrected chi connectivity index (χ1v) is 16.6. The molecule has 5 nitrogen and oxygen atoms in total. The average molecular weight is 633 g/mol. The van der Waals surface area contributed by atoms with Crippen molar-refractivity contribution in [2.45, 2.75) is 54.5 Å². The highest BCUT2D eigenvalue weighted by Crippen LogP contribution is 2.37. The van der Waals surface area contributed by atoms with E-state index in [0.29, 0.717) is 13.0 Å². The quantitative estimate of drug-likeness (QED) is 0.0669. The number of hydrogen-bond donors (Lipinski definition) is 1. The van der Waals surface area contributed by atoms with Gasteiger partial charge in [-0.2, -0.15) is 0 Å². The van der Waals surface area contributed by atoms with Crippen LogP contribution in [-0.4, -0.2) is 43.4 Å². The number of halogens is 3. The van der Waals surface area contributed by atoms with Gasteiger partial charge in [0.25, 0.3) is 12.1 Å². The first kappa shape index (κ1) is 31.8. The predicted molar refractivity (Wildman–Crippen MR) is 170 cm³/mol. The van der Waals surface area contributed by atoms with E-state index in [4.69, 9.17) is 58.8 Å². The van der Waals surface area contributed by atoms with Crippen molar-refractivity contribution < 1.29 is 18.6 Å². The van der Waals surface area contributed by atoms with E-state index in [9.17, 15) is 0 Å². The van der Waals surface area contributed by atoms with Crippen molar-refractivity contribution >= 4 is 59.4 Å². The zero-order valence-electron chi connectivity index (χ0n) is 23.4. The van der Waals surface area contributed by atoms with Gasteiger partial charge in [0, 0.05) is 12.2 Å². The van der Waals surface area contributed by atoms with Crippen LogP contribution in [0.2, 0.25) is 5.04 Å². The van der Waals surface area contributed by atoms with Crippen molar-refractivity contribution in [2.24, 2.45) is 0 Å². The van der Waals surface area contributed by atoms with Gasteiger partial charge >= 0.3 is 0 Å². The lowest BCUT2D eigenvalue weighted by molar-refractivity contribution is -0.241. The van der Waals surface area contributed by atoms with Crippen molar-refractivity contribution in [1.29, 1.82) is 5.41 Å². The Kier molecular flexibility index (Phi) is 10.7. The Balaban J connectivity index is 1.52. The molecular weight excluding hydrogens is 597 g/mol. The Hall–Kier alpha value is -2.16. The van der Waals surface area contributed by atoms with Gasteiger partial charge in [-0.15, -0.1) is 0 Å². The highest BCUT2D eigenvalue weighted by molar-refractivity contribution is 6.99. The number of benzene rings is 3. The van der Waals surface area contributed by atoms with Crippen LogP contribution in [-0.2, 0) is 18.6 Å². The van der Waals surface area contributed by atoms with Crippen molar-refractivity contribution in [2.75, 3.05) is 13.2 Å². The number of hydrogen-bond acceptors (Lipinski definition) is 5. The topological polar surface area (TPSA) is 60.8 Å². The highest BCUT2D eigenvalue weighted by atomic mass is 35.6. The standard InChI is InChI=1S/C32H36Cl3NO4Si/c1-31(2,3)41(25-17-9-5-10-18-25,26-19-11-6-12-20-26)38-22-14-13-21-27-28(40-30(36)32(33,34)35)23-37-29(39-27)24-15-7-4-8-16-24/h4-13,15-21,27-29,36H,14,22-23H2,1-3H3/b21-13-,36-30?/t27-,28+,29+/m0/s1. The van der Waals surface area contributed by atoms with E-state index in [1.165, 1.54) is 10.4 Å². The summed E-state index contributed by atoms with van der Waals surface area (Å²) in [6.45, 7) is 7.46. The first-order chi connectivity index (χ1) is 19.5. The summed E-state index contributed by atoms with van der Waals surface area (Å²) in [4.78, 5) is 0. The molecule has 0 unspecified atom stereocenters. The molecular formula is C32H36Cl3NO4Si. The summed E-state index contributed by atoms with van der Waals surface area (Å²) in [5.41, 5.74) is 0.885. The molecule has 0 aliphatic carbocycles. The SMILES string of the molecule is CC(C)(C)[Si](OCC/C=C\[C@@H]1O[C@H](c2ccccc2)OC[C@H]1OC(=N)C(Cl)(Cl)Cl)(c1ccccc1)c1ccccc1. The predicted octanol–water partition coefficient (Wildman–Crippen LogP) is 7.36. The van der Waals surface area contributed by atoms with Gasteiger partial charge in [-0.1, -0.05) is 159 Å². The van der Waals surface area contributed by atoms with Gasteiger partial charge in [0.1, 0.15) is 6.10 Å². The molecule has 1 fully saturated rings. The van der Waals surface area contributed by atoms with Gasteiger partial charge < -0.3 is 18.6 Å². The summed E-state index contributed by atoms with van der Waals surface area (Å²) in [5.74, 6) is -0.480. The molecule has 0 saturated carbocycles. The van der Waals surface area contributed by atoms with Crippen LogP contribution in [0.1, 0.15) is 39.0 Å². The third-order valence-electron chi connectivity index (χ3n) is 7.00. The second kappa shape index (κ2) is 13.9. The van der Waals surface area contributed by atoms with Crippen molar-refractivity contribution in [3.8, 4) is 0 Å². The van der Waals surface area contributed by atoms with Crippen LogP contribution < -0.4 is 10.4 Å². The summed E-state index contributed by atoms with van der Waals surface area (Å²) in [7, 11) is -2.63. The Morgan fingerprint density at radius 1 is 0.902 bits per heavy atom. The molecule has 1 saturated heterocycles. The number of ether oxygens (including phenoxy) is 3. The minimum absolute atomic E-state index is 0.109. The Morgan fingerprint density at radius 3 is 1.95 bits per heavy atom. The maximum Gasteiger partial charge on any atom is 0.265 e. The van der Waals surface area contributed by atoms with Crippen LogP contribution in [0.3, 0.4) is 0 Å². The third-order valence-corrected chi connectivity index (χ3v) is 12.6. The summed E-state index contributed by atoms with van der Waals surface area (Å²) in [6.07, 6.45) is 2.81. The fourth-order valence-corrected chi connectivity index (χ4v) is 9.81. The number of alkyl halides is 3. The largest absolute Gasteiger partial charge is 0.469 e. The summed E-state index contributed by atoms with van der Waals surface area (Å²) < 4.78 is 22.8. The number of nitrogens with one attached hydrogen (secondary N) is 1. The molecule has 1 aliphatic heterocycles. The molecule has 1 heterocycles. The van der Waals surface area contributed by atoms with E-state index in [1.54, 1.807) is 0 Å². The average Bonchev–Trinajstić information content (AvgIpc) is 2.96. The highest BCUT2D eigenvalue weighted by Gasteiger charge is 2.50. The van der Waals surface area contributed by atoms with Crippen molar-refractivity contribution in [1.82, 2.24) is 0 Å². The van der Waals surface area contributed by atoms with Crippen LogP contribution in [0.25, 0.3) is 0 Å². The van der Waals surface area contributed by atoms with Crippen molar-refractivity contribution in [3.05, 3.63) is 109 Å². The van der Waals surface area contributed by atoms with E-state index >= 15 is 0 Å². The molecule has 0 spiro atoms. The fourth-order valence-electron chi connectivity index (χ4n) is 5.09. The maximum atomic E-state index is 8.05. The lowest BCUT2D eigenvalue weighted by Crippen LogP contribution is -2.66. The molecule has 41 heavy (non-hydrogen) atoms. The molecule has 3 aromatic rings. The minimum atomic E-state index is -2.63. The lowest BCUT2D eigenvalue weighted by atomic mass is 10.1. The molecule has 1 N–H and O–H groups in total. The fraction of sp³-hybridized carbons (Fsp3) is 0.344. The second-order valence-electron chi connectivity index (χ2n) is 10.9. The minimum Gasteiger partial charge on any atom is -0.469 e. The molecule has 218 valence electrons. The Morgan fingerprint density at radius 2 is 1.44 bits per heavy atom. The normalized spacial score (nSPS) is 20.2. The summed E-state index contributed by atoms with van der Waals surface area (Å²) >= 11 is 17.6. The molecule has 3 aromatic carbocycles. The summed E-state index contributed by atoms with van der Waals surface area (Å²) in [5, 5.41) is 10.4. The van der Waals surface area contributed by atoms with E-state index in [1.807, 2.05) is 54.6 Å². The maximum absolute atomic E-state index is 8.05. The van der Waals surface area contributed by atoms with Gasteiger partial charge in [-0.3, -0.25) is 5.41 Å². The third kappa shape index (κ3) is 7.82. The molecule has 0 amide bonds. The van der Waals surface area contributed by atoms with Gasteiger partial charge in [0.05, 0.1) is 6.61 Å². The van der Waals surface area contributed by atoms with Crippen LogP contribution in [0.5, 0.6) is 0 Å². The van der Waals surface area contributed by atoms with Crippen LogP contribution in [0.15, 0.2) is 103 Å². The number of rotatable bonds is 9. The molecule has 1 aliphatic rings. The Bertz CT molecular complexity index is 1240. The molecule has 9 heteroatoms. The molecule has 0 bridgehead atoms. The molecule has 0 aromatic heterocycles. The lowest BCUT2D eigenvalue weighted by Gasteiger charge is -2.43. The van der Waals surface area contributed by atoms with Gasteiger partial charge in [-0.25, -0.2) is 0 Å².